The maximum Gasteiger partial charge on any atom is 0.112 e. The van der Waals surface area contributed by atoms with E-state index in [1.54, 1.807) is 23.7 Å². The van der Waals surface area contributed by atoms with Crippen LogP contribution in [0.15, 0.2) is 42.5 Å². The molecule has 0 bridgehead atoms. The molecule has 0 unspecified atom stereocenters. The second-order valence-electron chi connectivity index (χ2n) is 4.71. The van der Waals surface area contributed by atoms with E-state index in [1.165, 1.54) is 5.69 Å². The number of anilines is 5. The molecule has 4 nitrogen and oxygen atoms in total. The molecule has 4 N–H and O–H groups in total. The van der Waals surface area contributed by atoms with Gasteiger partial charge in [-0.25, -0.2) is 5.54 Å². The third-order valence-corrected chi connectivity index (χ3v) is 3.47. The van der Waals surface area contributed by atoms with Crippen LogP contribution in [0.25, 0.3) is 0 Å². The Morgan fingerprint density at radius 3 is 2.29 bits per heavy atom. The molecule has 2 rings (SSSR count). The zero-order valence-electron chi connectivity index (χ0n) is 12.4. The lowest BCUT2D eigenvalue weighted by atomic mass is 10.2. The average Bonchev–Trinajstić information content (AvgIpc) is 2.50. The Bertz CT molecular complexity index is 579. The van der Waals surface area contributed by atoms with Crippen LogP contribution in [0.5, 0.6) is 0 Å². The van der Waals surface area contributed by atoms with E-state index in [1.807, 2.05) is 24.3 Å². The van der Waals surface area contributed by atoms with E-state index in [2.05, 4.69) is 24.1 Å². The molecule has 5 heteroatoms. The fourth-order valence-corrected chi connectivity index (χ4v) is 2.28. The van der Waals surface area contributed by atoms with Crippen molar-refractivity contribution in [2.75, 3.05) is 34.6 Å². The van der Waals surface area contributed by atoms with Crippen LogP contribution in [-0.4, -0.2) is 13.1 Å². The number of nitrogen functional groups attached to an aromatic ring is 1. The zero-order chi connectivity index (χ0) is 15.2. The largest absolute Gasteiger partial charge is 0.397 e. The van der Waals surface area contributed by atoms with Crippen molar-refractivity contribution in [1.82, 2.24) is 0 Å². The van der Waals surface area contributed by atoms with E-state index >= 15 is 0 Å². The van der Waals surface area contributed by atoms with Gasteiger partial charge in [-0.3, -0.25) is 0 Å². The minimum atomic E-state index is 0.255. The molecule has 0 heterocycles. The molecule has 0 amide bonds. The molecule has 2 aromatic carbocycles. The molecule has 0 spiro atoms. The summed E-state index contributed by atoms with van der Waals surface area (Å²) in [5.41, 5.74) is 10.6. The fourth-order valence-electron chi connectivity index (χ4n) is 2.28. The molecule has 0 saturated carbocycles. The van der Waals surface area contributed by atoms with Crippen LogP contribution in [0.1, 0.15) is 13.8 Å². The van der Waals surface area contributed by atoms with Gasteiger partial charge in [0.1, 0.15) is 5.69 Å². The molecule has 0 fully saturated rings. The van der Waals surface area contributed by atoms with Crippen LogP contribution in [0, 0.1) is 0 Å². The van der Waals surface area contributed by atoms with E-state index in [-0.39, 0.29) is 5.69 Å². The third kappa shape index (κ3) is 3.37. The molecule has 0 radical (unpaired) electrons. The van der Waals surface area contributed by atoms with Crippen LogP contribution in [0.4, 0.5) is 32.9 Å². The predicted octanol–water partition coefficient (Wildman–Crippen LogP) is 4.16. The lowest BCUT2D eigenvalue weighted by Gasteiger charge is -2.21. The highest BCUT2D eigenvalue weighted by molar-refractivity contribution is 5.83. The Labute approximate surface area is 124 Å². The van der Waals surface area contributed by atoms with E-state index in [0.717, 1.165) is 18.8 Å². The van der Waals surface area contributed by atoms with Gasteiger partial charge in [0.15, 0.2) is 0 Å². The highest BCUT2D eigenvalue weighted by Gasteiger charge is 2.07. The molecular weight excluding hydrogens is 267 g/mol. The molecule has 112 valence electrons. The van der Waals surface area contributed by atoms with Crippen molar-refractivity contribution in [3.05, 3.63) is 42.5 Å². The van der Waals surface area contributed by atoms with Crippen LogP contribution < -0.4 is 21.5 Å². The van der Waals surface area contributed by atoms with Gasteiger partial charge in [0.05, 0.1) is 11.4 Å². The molecule has 0 aliphatic rings. The van der Waals surface area contributed by atoms with Crippen molar-refractivity contribution >= 4 is 28.4 Å². The van der Waals surface area contributed by atoms with Crippen molar-refractivity contribution < 1.29 is 4.48 Å². The van der Waals surface area contributed by atoms with Gasteiger partial charge < -0.3 is 16.0 Å². The smallest absolute Gasteiger partial charge is 0.112 e. The molecule has 0 aromatic heterocycles. The van der Waals surface area contributed by atoms with Crippen molar-refractivity contribution in [2.24, 2.45) is 0 Å². The van der Waals surface area contributed by atoms with Gasteiger partial charge in [-0.05, 0) is 50.2 Å². The van der Waals surface area contributed by atoms with E-state index in [0.29, 0.717) is 11.4 Å². The molecule has 0 atom stereocenters. The Hall–Kier alpha value is -2.43. The lowest BCUT2D eigenvalue weighted by Crippen LogP contribution is -2.21. The number of para-hydroxylation sites is 1. The van der Waals surface area contributed by atoms with Gasteiger partial charge in [-0.15, -0.1) is 4.48 Å². The van der Waals surface area contributed by atoms with Crippen LogP contribution in [0.2, 0.25) is 0 Å². The topological polar surface area (TPSA) is 53.3 Å². The molecule has 0 saturated heterocycles. The summed E-state index contributed by atoms with van der Waals surface area (Å²) in [5.74, 6) is 0. The second-order valence-corrected chi connectivity index (χ2v) is 4.71. The number of benzene rings is 2. The number of nitrogens with one attached hydrogen (secondary N) is 2. The van der Waals surface area contributed by atoms with Crippen LogP contribution >= 0.6 is 0 Å². The second kappa shape index (κ2) is 6.83. The summed E-state index contributed by atoms with van der Waals surface area (Å²) in [6.07, 6.45) is 0. The van der Waals surface area contributed by atoms with Crippen molar-refractivity contribution in [1.29, 1.82) is 0 Å². The number of hydrogen-bond acceptors (Lipinski definition) is 4. The zero-order valence-corrected chi connectivity index (χ0v) is 12.4. The lowest BCUT2D eigenvalue weighted by molar-refractivity contribution is 0.619. The van der Waals surface area contributed by atoms with Crippen molar-refractivity contribution in [3.8, 4) is 0 Å². The minimum absolute atomic E-state index is 0.255. The first-order valence-corrected chi connectivity index (χ1v) is 7.06. The molecular formula is C16H21FN4. The highest BCUT2D eigenvalue weighted by atomic mass is 19.2. The average molecular weight is 288 g/mol. The Balaban J connectivity index is 2.19. The first kappa shape index (κ1) is 15.0. The normalized spacial score (nSPS) is 10.2. The Morgan fingerprint density at radius 2 is 1.71 bits per heavy atom. The number of rotatable bonds is 6. The fraction of sp³-hybridized carbons (Fsp3) is 0.250. The third-order valence-electron chi connectivity index (χ3n) is 3.47. The summed E-state index contributed by atoms with van der Waals surface area (Å²) < 4.78 is 12.8. The standard InChI is InChI=1S/C16H21FN4/c1-3-21(4-2)13-10-8-12(9-11-13)19-15-7-5-6-14(18)16(15)20-17/h5-11,19-20H,3-4,18H2,1-2H3. The van der Waals surface area contributed by atoms with Gasteiger partial charge in [0, 0.05) is 24.5 Å². The molecule has 2 aromatic rings. The predicted molar refractivity (Wildman–Crippen MR) is 88.9 cm³/mol. The maximum atomic E-state index is 12.8. The summed E-state index contributed by atoms with van der Waals surface area (Å²) in [6.45, 7) is 6.19. The number of nitrogens with two attached hydrogens (primary N) is 1. The molecule has 0 aliphatic carbocycles. The maximum absolute atomic E-state index is 12.8. The van der Waals surface area contributed by atoms with Crippen molar-refractivity contribution in [3.63, 3.8) is 0 Å². The number of nitrogens with zero attached hydrogens (tertiary/aromatic N) is 1. The number of halogens is 1. The van der Waals surface area contributed by atoms with Crippen LogP contribution in [0.3, 0.4) is 0 Å². The van der Waals surface area contributed by atoms with E-state index in [4.69, 9.17) is 5.73 Å². The van der Waals surface area contributed by atoms with Gasteiger partial charge in [0.25, 0.3) is 0 Å². The number of hydrogen-bond donors (Lipinski definition) is 3. The first-order valence-electron chi connectivity index (χ1n) is 7.06. The molecule has 21 heavy (non-hydrogen) atoms. The highest BCUT2D eigenvalue weighted by Crippen LogP contribution is 2.31. The SMILES string of the molecule is CCN(CC)c1ccc(Nc2cccc(N)c2NF)cc1. The van der Waals surface area contributed by atoms with Gasteiger partial charge in [-0.1, -0.05) is 6.07 Å². The van der Waals surface area contributed by atoms with Gasteiger partial charge in [0.2, 0.25) is 0 Å². The van der Waals surface area contributed by atoms with E-state index < -0.39 is 0 Å². The van der Waals surface area contributed by atoms with Crippen LogP contribution in [-0.2, 0) is 0 Å². The Morgan fingerprint density at radius 1 is 1.05 bits per heavy atom. The summed E-state index contributed by atoms with van der Waals surface area (Å²) in [6, 6.07) is 13.2. The molecule has 0 aliphatic heterocycles. The summed E-state index contributed by atoms with van der Waals surface area (Å²) in [5, 5.41) is 3.17. The van der Waals surface area contributed by atoms with Gasteiger partial charge >= 0.3 is 0 Å². The van der Waals surface area contributed by atoms with Gasteiger partial charge in [-0.2, -0.15) is 0 Å². The summed E-state index contributed by atoms with van der Waals surface area (Å²) in [7, 11) is 0. The summed E-state index contributed by atoms with van der Waals surface area (Å²) >= 11 is 0. The quantitative estimate of drug-likeness (QED) is 0.552. The van der Waals surface area contributed by atoms with Crippen molar-refractivity contribution in [2.45, 2.75) is 13.8 Å². The minimum Gasteiger partial charge on any atom is -0.397 e. The monoisotopic (exact) mass is 288 g/mol. The summed E-state index contributed by atoms with van der Waals surface area (Å²) in [4.78, 5) is 2.26. The van der Waals surface area contributed by atoms with E-state index in [9.17, 15) is 4.48 Å². The Kier molecular flexibility index (Phi) is 4.87. The first-order chi connectivity index (χ1) is 10.2.